The summed E-state index contributed by atoms with van der Waals surface area (Å²) in [5.74, 6) is 0.570. The minimum Gasteiger partial charge on any atom is -0.491 e. The van der Waals surface area contributed by atoms with Crippen molar-refractivity contribution >= 4 is 11.3 Å². The Morgan fingerprint density at radius 3 is 3.00 bits per heavy atom. The van der Waals surface area contributed by atoms with Crippen LogP contribution in [0.2, 0.25) is 0 Å². The number of nitrogens with zero attached hydrogens (tertiary/aromatic N) is 4. The van der Waals surface area contributed by atoms with Crippen molar-refractivity contribution in [1.82, 2.24) is 20.6 Å². The van der Waals surface area contributed by atoms with Crippen molar-refractivity contribution < 1.29 is 9.13 Å². The number of nitrogens with one attached hydrogen (secondary N) is 2. The Morgan fingerprint density at radius 2 is 2.36 bits per heavy atom. The van der Waals surface area contributed by atoms with Gasteiger partial charge in [0.15, 0.2) is 0 Å². The van der Waals surface area contributed by atoms with E-state index in [2.05, 4.69) is 25.9 Å². The number of rotatable bonds is 6. The molecule has 0 saturated heterocycles. The molecule has 0 fully saturated rings. The minimum absolute atomic E-state index is 0.149. The van der Waals surface area contributed by atoms with Gasteiger partial charge in [0, 0.05) is 12.3 Å². The highest BCUT2D eigenvalue weighted by Gasteiger charge is 2.09. The van der Waals surface area contributed by atoms with Crippen LogP contribution in [0.15, 0.2) is 24.4 Å². The monoisotopic (exact) mass is 302 g/mol. The lowest BCUT2D eigenvalue weighted by Gasteiger charge is -2.13. The first-order valence-corrected chi connectivity index (χ1v) is 6.63. The summed E-state index contributed by atoms with van der Waals surface area (Å²) in [5.41, 5.74) is 0.574. The Hall–Kier alpha value is -2.95. The Balaban J connectivity index is 2.21. The van der Waals surface area contributed by atoms with Crippen molar-refractivity contribution in [3.8, 4) is 11.8 Å². The SMILES string of the molecule is CC(C)COc1ccc(F)cc1NC=C(C#N)c1nn[nH]n1. The highest BCUT2D eigenvalue weighted by Crippen LogP contribution is 2.26. The molecule has 7 nitrogen and oxygen atoms in total. The van der Waals surface area contributed by atoms with Crippen molar-refractivity contribution in [3.05, 3.63) is 36.0 Å². The number of ether oxygens (including phenoxy) is 1. The van der Waals surface area contributed by atoms with Crippen LogP contribution in [-0.4, -0.2) is 27.2 Å². The summed E-state index contributed by atoms with van der Waals surface area (Å²) in [5, 5.41) is 25.0. The second-order valence-electron chi connectivity index (χ2n) is 4.89. The number of tetrazole rings is 1. The predicted molar refractivity (Wildman–Crippen MR) is 78.1 cm³/mol. The number of hydrogen-bond donors (Lipinski definition) is 2. The highest BCUT2D eigenvalue weighted by atomic mass is 19.1. The van der Waals surface area contributed by atoms with Crippen LogP contribution >= 0.6 is 0 Å². The van der Waals surface area contributed by atoms with Crippen LogP contribution in [0.25, 0.3) is 5.57 Å². The first-order valence-electron chi connectivity index (χ1n) is 6.63. The van der Waals surface area contributed by atoms with Gasteiger partial charge in [0.05, 0.1) is 12.3 Å². The Labute approximate surface area is 126 Å². The largest absolute Gasteiger partial charge is 0.491 e. The van der Waals surface area contributed by atoms with Gasteiger partial charge in [-0.2, -0.15) is 10.5 Å². The average molecular weight is 302 g/mol. The van der Waals surface area contributed by atoms with Gasteiger partial charge in [-0.25, -0.2) is 4.39 Å². The molecule has 1 aromatic heterocycles. The molecule has 1 heterocycles. The van der Waals surface area contributed by atoms with E-state index < -0.39 is 5.82 Å². The maximum atomic E-state index is 13.4. The Kier molecular flexibility index (Phi) is 5.03. The molecule has 0 saturated carbocycles. The number of allylic oxidation sites excluding steroid dienone is 1. The molecule has 22 heavy (non-hydrogen) atoms. The van der Waals surface area contributed by atoms with E-state index in [1.165, 1.54) is 24.4 Å². The highest BCUT2D eigenvalue weighted by molar-refractivity contribution is 5.74. The lowest BCUT2D eigenvalue weighted by atomic mass is 10.2. The summed E-state index contributed by atoms with van der Waals surface area (Å²) in [6.45, 7) is 4.53. The Bertz CT molecular complexity index is 690. The standard InChI is InChI=1S/C14H15FN6O/c1-9(2)8-22-13-4-3-11(15)5-12(13)17-7-10(6-16)14-18-20-21-19-14/h3-5,7,9,17H,8H2,1-2H3,(H,18,19,20,21). The van der Waals surface area contributed by atoms with Gasteiger partial charge in [0.1, 0.15) is 23.2 Å². The molecule has 2 N–H and O–H groups in total. The van der Waals surface area contributed by atoms with Gasteiger partial charge in [-0.3, -0.25) is 0 Å². The predicted octanol–water partition coefficient (Wildman–Crippen LogP) is 2.35. The molecule has 0 aliphatic rings. The van der Waals surface area contributed by atoms with Gasteiger partial charge >= 0.3 is 0 Å². The molecular weight excluding hydrogens is 287 g/mol. The number of halogens is 1. The zero-order chi connectivity index (χ0) is 15.9. The molecule has 8 heteroatoms. The number of aromatic amines is 1. The van der Waals surface area contributed by atoms with E-state index in [0.717, 1.165) is 0 Å². The average Bonchev–Trinajstić information content (AvgIpc) is 3.01. The Morgan fingerprint density at radius 1 is 1.55 bits per heavy atom. The van der Waals surface area contributed by atoms with Crippen LogP contribution in [0.3, 0.4) is 0 Å². The molecule has 1 aromatic carbocycles. The van der Waals surface area contributed by atoms with Gasteiger partial charge in [-0.1, -0.05) is 13.8 Å². The van der Waals surface area contributed by atoms with E-state index in [0.29, 0.717) is 24.0 Å². The first-order chi connectivity index (χ1) is 10.6. The zero-order valence-corrected chi connectivity index (χ0v) is 12.2. The number of nitriles is 1. The third kappa shape index (κ3) is 4.02. The fraction of sp³-hybridized carbons (Fsp3) is 0.286. The quantitative estimate of drug-likeness (QED) is 0.795. The summed E-state index contributed by atoms with van der Waals surface area (Å²) in [7, 11) is 0. The zero-order valence-electron chi connectivity index (χ0n) is 12.2. The van der Waals surface area contributed by atoms with Crippen LogP contribution < -0.4 is 10.1 Å². The normalized spacial score (nSPS) is 11.3. The molecule has 2 rings (SSSR count). The number of aromatic nitrogens is 4. The number of anilines is 1. The van der Waals surface area contributed by atoms with Crippen molar-refractivity contribution in [2.24, 2.45) is 5.92 Å². The van der Waals surface area contributed by atoms with E-state index in [4.69, 9.17) is 10.00 Å². The van der Waals surface area contributed by atoms with Gasteiger partial charge in [0.2, 0.25) is 5.82 Å². The summed E-state index contributed by atoms with van der Waals surface area (Å²) in [4.78, 5) is 0. The van der Waals surface area contributed by atoms with Crippen LogP contribution in [0.1, 0.15) is 19.7 Å². The molecule has 0 bridgehead atoms. The summed E-state index contributed by atoms with van der Waals surface area (Å²) in [6, 6.07) is 6.08. The van der Waals surface area contributed by atoms with E-state index in [9.17, 15) is 4.39 Å². The summed E-state index contributed by atoms with van der Waals surface area (Å²) in [6.07, 6.45) is 1.38. The van der Waals surface area contributed by atoms with E-state index in [-0.39, 0.29) is 11.4 Å². The second-order valence-corrected chi connectivity index (χ2v) is 4.89. The second kappa shape index (κ2) is 7.17. The topological polar surface area (TPSA) is 99.5 Å². The molecule has 0 aliphatic carbocycles. The maximum Gasteiger partial charge on any atom is 0.216 e. The van der Waals surface area contributed by atoms with Crippen molar-refractivity contribution in [3.63, 3.8) is 0 Å². The van der Waals surface area contributed by atoms with Crippen LogP contribution in [0, 0.1) is 23.1 Å². The fourth-order valence-electron chi connectivity index (χ4n) is 1.57. The van der Waals surface area contributed by atoms with Crippen LogP contribution in [0.4, 0.5) is 10.1 Å². The number of benzene rings is 1. The van der Waals surface area contributed by atoms with Gasteiger partial charge in [-0.15, -0.1) is 10.2 Å². The third-order valence-corrected chi connectivity index (χ3v) is 2.59. The molecule has 0 amide bonds. The molecule has 0 unspecified atom stereocenters. The summed E-state index contributed by atoms with van der Waals surface area (Å²) >= 11 is 0. The van der Waals surface area contributed by atoms with Crippen LogP contribution in [0.5, 0.6) is 5.75 Å². The molecule has 0 atom stereocenters. The number of hydrogen-bond acceptors (Lipinski definition) is 6. The fourth-order valence-corrected chi connectivity index (χ4v) is 1.57. The molecule has 2 aromatic rings. The molecule has 0 radical (unpaired) electrons. The first kappa shape index (κ1) is 15.4. The molecule has 0 spiro atoms. The van der Waals surface area contributed by atoms with Gasteiger partial charge in [0.25, 0.3) is 0 Å². The minimum atomic E-state index is -0.411. The lowest BCUT2D eigenvalue weighted by molar-refractivity contribution is 0.272. The van der Waals surface area contributed by atoms with E-state index in [1.807, 2.05) is 19.9 Å². The van der Waals surface area contributed by atoms with E-state index >= 15 is 0 Å². The van der Waals surface area contributed by atoms with Crippen molar-refractivity contribution in [1.29, 1.82) is 5.26 Å². The van der Waals surface area contributed by atoms with Crippen molar-refractivity contribution in [2.75, 3.05) is 11.9 Å². The van der Waals surface area contributed by atoms with E-state index in [1.54, 1.807) is 0 Å². The molecule has 114 valence electrons. The van der Waals surface area contributed by atoms with Crippen molar-refractivity contribution in [2.45, 2.75) is 13.8 Å². The van der Waals surface area contributed by atoms with Gasteiger partial charge < -0.3 is 10.1 Å². The smallest absolute Gasteiger partial charge is 0.216 e. The molecular formula is C14H15FN6O. The maximum absolute atomic E-state index is 13.4. The lowest BCUT2D eigenvalue weighted by Crippen LogP contribution is -2.06. The molecule has 0 aliphatic heterocycles. The third-order valence-electron chi connectivity index (χ3n) is 2.59. The van der Waals surface area contributed by atoms with Gasteiger partial charge in [-0.05, 0) is 23.3 Å². The van der Waals surface area contributed by atoms with Crippen LogP contribution in [-0.2, 0) is 0 Å². The number of H-pyrrole nitrogens is 1. The summed E-state index contributed by atoms with van der Waals surface area (Å²) < 4.78 is 19.0.